The van der Waals surface area contributed by atoms with Gasteiger partial charge in [0.05, 0.1) is 27.9 Å². The van der Waals surface area contributed by atoms with Crippen molar-refractivity contribution in [2.45, 2.75) is 18.8 Å². The fraction of sp³-hybridized carbons (Fsp3) is 0.333. The lowest BCUT2D eigenvalue weighted by Gasteiger charge is -2.42. The van der Waals surface area contributed by atoms with Crippen LogP contribution in [0.3, 0.4) is 0 Å². The number of nitrogens with zero attached hydrogens (tertiary/aromatic N) is 1. The Hall–Kier alpha value is -2.04. The van der Waals surface area contributed by atoms with Gasteiger partial charge in [-0.15, -0.1) is 0 Å². The first-order valence-electron chi connectivity index (χ1n) is 10.5. The van der Waals surface area contributed by atoms with E-state index in [0.717, 1.165) is 5.57 Å². The smallest absolute Gasteiger partial charge is 0.233 e. The van der Waals surface area contributed by atoms with Gasteiger partial charge in [0.1, 0.15) is 0 Å². The maximum absolute atomic E-state index is 13.3. The molecule has 0 unspecified atom stereocenters. The van der Waals surface area contributed by atoms with Crippen LogP contribution in [0.4, 0.5) is 0 Å². The summed E-state index contributed by atoms with van der Waals surface area (Å²) in [5.74, 6) is -3.13. The number of rotatable bonds is 2. The average Bonchev–Trinajstić information content (AvgIpc) is 3.04. The molecule has 1 aliphatic heterocycles. The average molecular weight is 656 g/mol. The zero-order valence-electron chi connectivity index (χ0n) is 18.0. The van der Waals surface area contributed by atoms with Gasteiger partial charge >= 0.3 is 0 Å². The Morgan fingerprint density at radius 2 is 1.76 bits per heavy atom. The van der Waals surface area contributed by atoms with E-state index in [0.29, 0.717) is 32.1 Å². The van der Waals surface area contributed by atoms with E-state index in [1.54, 1.807) is 6.07 Å². The van der Waals surface area contributed by atoms with Crippen LogP contribution in [-0.2, 0) is 19.2 Å². The number of methoxy groups -OCH3 is 1. The summed E-state index contributed by atoms with van der Waals surface area (Å²) in [5, 5.41) is 10.5. The molecule has 5 rings (SSSR count). The zero-order valence-corrected chi connectivity index (χ0v) is 22.8. The molecule has 1 heterocycles. The summed E-state index contributed by atoms with van der Waals surface area (Å²) in [6.07, 6.45) is 3.79. The van der Waals surface area contributed by atoms with Crippen molar-refractivity contribution in [3.05, 3.63) is 53.9 Å². The summed E-state index contributed by atoms with van der Waals surface area (Å²) < 4.78 is 6.37. The summed E-state index contributed by atoms with van der Waals surface area (Å²) in [6.45, 7) is 0. The van der Waals surface area contributed by atoms with Crippen LogP contribution in [0.25, 0.3) is 0 Å². The minimum Gasteiger partial charge on any atom is -0.503 e. The van der Waals surface area contributed by atoms with Gasteiger partial charge < -0.3 is 9.84 Å². The summed E-state index contributed by atoms with van der Waals surface area (Å²) in [5.41, 5.74) is 2.13. The number of benzene rings is 1. The number of phenolic OH excluding ortho intramolecular Hbond substituents is 1. The monoisotopic (exact) mass is 653 g/mol. The van der Waals surface area contributed by atoms with Crippen molar-refractivity contribution >= 4 is 71.2 Å². The largest absolute Gasteiger partial charge is 0.503 e. The van der Waals surface area contributed by atoms with E-state index in [4.69, 9.17) is 4.74 Å². The van der Waals surface area contributed by atoms with E-state index >= 15 is 0 Å². The van der Waals surface area contributed by atoms with Crippen molar-refractivity contribution in [3.8, 4) is 11.5 Å². The van der Waals surface area contributed by atoms with E-state index in [2.05, 4.69) is 47.8 Å². The number of likely N-dealkylation sites (tertiary alicyclic amines) is 1. The van der Waals surface area contributed by atoms with Crippen LogP contribution in [0.15, 0.2) is 48.4 Å². The lowest BCUT2D eigenvalue weighted by molar-refractivity contribution is -0.138. The molecule has 1 fully saturated rings. The lowest BCUT2D eigenvalue weighted by Crippen LogP contribution is -2.39. The Bertz CT molecular complexity index is 1310. The molecule has 34 heavy (non-hydrogen) atoms. The first-order valence-corrected chi connectivity index (χ1v) is 12.9. The van der Waals surface area contributed by atoms with Gasteiger partial charge in [-0.2, -0.15) is 0 Å². The van der Waals surface area contributed by atoms with Crippen LogP contribution in [0.1, 0.15) is 24.3 Å². The Kier molecular flexibility index (Phi) is 5.76. The number of hydrogen-bond donors (Lipinski definition) is 1. The van der Waals surface area contributed by atoms with Crippen molar-refractivity contribution < 1.29 is 29.0 Å². The Morgan fingerprint density at radius 1 is 1.06 bits per heavy atom. The molecular weight excluding hydrogens is 638 g/mol. The molecule has 4 aliphatic rings. The van der Waals surface area contributed by atoms with Crippen LogP contribution in [0, 0.1) is 17.8 Å². The van der Waals surface area contributed by atoms with Gasteiger partial charge in [0.25, 0.3) is 0 Å². The molecule has 0 bridgehead atoms. The number of hydrogen-bond acceptors (Lipinski definition) is 6. The van der Waals surface area contributed by atoms with Crippen LogP contribution in [-0.4, -0.2) is 47.5 Å². The molecule has 0 spiro atoms. The first kappa shape index (κ1) is 23.7. The molecule has 2 amide bonds. The first-order chi connectivity index (χ1) is 16.1. The summed E-state index contributed by atoms with van der Waals surface area (Å²) in [7, 11) is 2.91. The van der Waals surface area contributed by atoms with Crippen molar-refractivity contribution in [2.24, 2.45) is 17.8 Å². The quantitative estimate of drug-likeness (QED) is 0.290. The second-order valence-electron chi connectivity index (χ2n) is 8.77. The van der Waals surface area contributed by atoms with Gasteiger partial charge in [0, 0.05) is 34.7 Å². The molecule has 7 nitrogen and oxygen atoms in total. The minimum atomic E-state index is -0.656. The normalized spacial score (nSPS) is 28.4. The lowest BCUT2D eigenvalue weighted by atomic mass is 9.59. The predicted molar refractivity (Wildman–Crippen MR) is 132 cm³/mol. The van der Waals surface area contributed by atoms with Crippen molar-refractivity contribution in [3.63, 3.8) is 0 Å². The Morgan fingerprint density at radius 3 is 2.44 bits per heavy atom. The van der Waals surface area contributed by atoms with E-state index in [1.807, 2.05) is 6.08 Å². The molecule has 0 saturated carbocycles. The summed E-state index contributed by atoms with van der Waals surface area (Å²) in [4.78, 5) is 53.5. The van der Waals surface area contributed by atoms with Crippen LogP contribution >= 0.6 is 47.8 Å². The molecule has 1 aromatic rings. The molecule has 4 atom stereocenters. The second-order valence-corrected chi connectivity index (χ2v) is 11.2. The van der Waals surface area contributed by atoms with Crippen molar-refractivity contribution in [2.75, 3.05) is 14.2 Å². The predicted octanol–water partition coefficient (Wildman–Crippen LogP) is 4.32. The maximum Gasteiger partial charge on any atom is 0.233 e. The number of fused-ring (bicyclic) bond motifs is 3. The number of carbonyl (C=O) groups is 4. The third-order valence-corrected chi connectivity index (χ3v) is 10.0. The van der Waals surface area contributed by atoms with E-state index in [1.165, 1.54) is 25.1 Å². The summed E-state index contributed by atoms with van der Waals surface area (Å²) >= 11 is 10.1. The molecular formula is C24H18Br3NO6. The number of Topliss-reactive ketones (excluding diaryl/α,β-unsaturated/α-hetero) is 1. The van der Waals surface area contributed by atoms with E-state index in [-0.39, 0.29) is 45.8 Å². The summed E-state index contributed by atoms with van der Waals surface area (Å²) in [6, 6.07) is 1.63. The van der Waals surface area contributed by atoms with Gasteiger partial charge in [-0.3, -0.25) is 24.1 Å². The van der Waals surface area contributed by atoms with Crippen molar-refractivity contribution in [1.82, 2.24) is 4.90 Å². The highest BCUT2D eigenvalue weighted by atomic mass is 79.9. The molecule has 1 saturated heterocycles. The number of halogens is 3. The topological polar surface area (TPSA) is 101 Å². The number of ketones is 2. The van der Waals surface area contributed by atoms with Gasteiger partial charge in [-0.25, -0.2) is 0 Å². The van der Waals surface area contributed by atoms with Crippen LogP contribution in [0.2, 0.25) is 0 Å². The molecule has 0 radical (unpaired) electrons. The highest BCUT2D eigenvalue weighted by Gasteiger charge is 2.55. The van der Waals surface area contributed by atoms with E-state index in [9.17, 15) is 24.3 Å². The second kappa shape index (κ2) is 8.27. The van der Waals surface area contributed by atoms with Gasteiger partial charge in [0.15, 0.2) is 23.1 Å². The number of aromatic hydroxyl groups is 1. The molecule has 1 aromatic carbocycles. The third kappa shape index (κ3) is 3.18. The highest BCUT2D eigenvalue weighted by Crippen LogP contribution is 2.57. The molecule has 1 N–H and O–H groups in total. The number of amides is 2. The number of phenols is 1. The zero-order chi connectivity index (χ0) is 24.6. The van der Waals surface area contributed by atoms with Crippen molar-refractivity contribution in [1.29, 1.82) is 0 Å². The van der Waals surface area contributed by atoms with Gasteiger partial charge in [-0.1, -0.05) is 11.6 Å². The van der Waals surface area contributed by atoms with Crippen LogP contribution < -0.4 is 4.74 Å². The molecule has 176 valence electrons. The Labute approximate surface area is 220 Å². The molecule has 0 aromatic heterocycles. The Balaban J connectivity index is 1.78. The fourth-order valence-electron chi connectivity index (χ4n) is 5.70. The number of allylic oxidation sites excluding steroid dienone is 6. The minimum absolute atomic E-state index is 0.107. The number of ether oxygens (including phenoxy) is 1. The number of imide groups is 1. The third-order valence-electron chi connectivity index (χ3n) is 7.26. The molecule has 3 aliphatic carbocycles. The fourth-order valence-corrected chi connectivity index (χ4v) is 7.10. The maximum atomic E-state index is 13.3. The number of carbonyl (C=O) groups excluding carboxylic acids is 4. The highest BCUT2D eigenvalue weighted by molar-refractivity contribution is 9.13. The standard InChI is InChI=1S/C24H18Br3NO6/c1-28-23(32)9-4-3-8-10(17(9)24(28)33)5-12-18(14(29)7-13(25)21(12)30)16(8)11-6-15(34-2)22(31)20(27)19(11)26/h3,6-7,9-10,16-17,31H,4-5H2,1-2H3/t9-,10+,16+,17-/m0/s1. The SMILES string of the molecule is COc1cc([C@H]2C3=CC[C@@H]4C(=O)N(C)C(=O)[C@@H]4[C@@H]3CC3=C2C(=O)C=C(Br)C3=O)c(Br)c(Br)c1O. The van der Waals surface area contributed by atoms with E-state index < -0.39 is 23.7 Å². The van der Waals surface area contributed by atoms with Gasteiger partial charge in [-0.05, 0) is 78.2 Å². The van der Waals surface area contributed by atoms with Gasteiger partial charge in [0.2, 0.25) is 11.8 Å². The van der Waals surface area contributed by atoms with Crippen LogP contribution in [0.5, 0.6) is 11.5 Å². The molecule has 10 heteroatoms.